The summed E-state index contributed by atoms with van der Waals surface area (Å²) in [7, 11) is 0. The normalized spacial score (nSPS) is 23.3. The van der Waals surface area contributed by atoms with E-state index in [0.717, 1.165) is 17.7 Å². The maximum atomic E-state index is 11.8. The van der Waals surface area contributed by atoms with Crippen LogP contribution in [0.2, 0.25) is 0 Å². The molecule has 3 unspecified atom stereocenters. The molecule has 2 rings (SSSR count). The van der Waals surface area contributed by atoms with Crippen molar-refractivity contribution in [3.63, 3.8) is 0 Å². The number of carbonyl (C=O) groups is 1. The second-order valence-corrected chi connectivity index (χ2v) is 5.05. The van der Waals surface area contributed by atoms with Gasteiger partial charge in [0.25, 0.3) is 0 Å². The summed E-state index contributed by atoms with van der Waals surface area (Å²) in [4.78, 5) is 11.8. The Balaban J connectivity index is 1.91. The van der Waals surface area contributed by atoms with Crippen LogP contribution in [0.3, 0.4) is 0 Å². The summed E-state index contributed by atoms with van der Waals surface area (Å²) in [5.41, 5.74) is 1.11. The van der Waals surface area contributed by atoms with E-state index in [4.69, 9.17) is 4.74 Å². The minimum absolute atomic E-state index is 0.0565. The summed E-state index contributed by atoms with van der Waals surface area (Å²) in [5, 5.41) is 3.06. The molecule has 1 aliphatic carbocycles. The number of carbonyl (C=O) groups excluding carboxylic acids is 1. The lowest BCUT2D eigenvalue weighted by Gasteiger charge is -2.15. The van der Waals surface area contributed by atoms with Gasteiger partial charge in [0, 0.05) is 5.92 Å². The maximum absolute atomic E-state index is 11.8. The molecule has 98 valence electrons. The number of rotatable bonds is 5. The third-order valence-electron chi connectivity index (χ3n) is 3.50. The van der Waals surface area contributed by atoms with Crippen LogP contribution in [0.15, 0.2) is 24.3 Å². The maximum Gasteiger partial charge on any atom is 0.223 e. The van der Waals surface area contributed by atoms with Crippen LogP contribution in [0.4, 0.5) is 0 Å². The molecule has 0 saturated heterocycles. The standard InChI is InChI=1S/C15H21NO2/c1-4-18-13-7-5-12(6-8-13)11(3)16-15(17)14-9-10(14)2/h5-8,10-11,14H,4,9H2,1-3H3,(H,16,17). The molecule has 1 aromatic carbocycles. The quantitative estimate of drug-likeness (QED) is 0.868. The third kappa shape index (κ3) is 3.03. The second kappa shape index (κ2) is 5.42. The molecule has 1 N–H and O–H groups in total. The lowest BCUT2D eigenvalue weighted by molar-refractivity contribution is -0.123. The first kappa shape index (κ1) is 12.9. The Morgan fingerprint density at radius 1 is 1.44 bits per heavy atom. The van der Waals surface area contributed by atoms with E-state index >= 15 is 0 Å². The predicted molar refractivity (Wildman–Crippen MR) is 71.4 cm³/mol. The molecule has 0 heterocycles. The summed E-state index contributed by atoms with van der Waals surface area (Å²) >= 11 is 0. The highest BCUT2D eigenvalue weighted by Crippen LogP contribution is 2.38. The first-order valence-corrected chi connectivity index (χ1v) is 6.65. The van der Waals surface area contributed by atoms with Gasteiger partial charge in [-0.05, 0) is 43.9 Å². The Bertz CT molecular complexity index is 413. The van der Waals surface area contributed by atoms with Gasteiger partial charge >= 0.3 is 0 Å². The second-order valence-electron chi connectivity index (χ2n) is 5.05. The first-order chi connectivity index (χ1) is 8.61. The van der Waals surface area contributed by atoms with E-state index in [1.165, 1.54) is 0 Å². The SMILES string of the molecule is CCOc1ccc(C(C)NC(=O)C2CC2C)cc1. The van der Waals surface area contributed by atoms with E-state index in [0.29, 0.717) is 12.5 Å². The average molecular weight is 247 g/mol. The van der Waals surface area contributed by atoms with Crippen LogP contribution in [0, 0.1) is 11.8 Å². The zero-order valence-electron chi connectivity index (χ0n) is 11.3. The Hall–Kier alpha value is -1.51. The van der Waals surface area contributed by atoms with E-state index in [-0.39, 0.29) is 17.9 Å². The van der Waals surface area contributed by atoms with E-state index in [1.54, 1.807) is 0 Å². The smallest absolute Gasteiger partial charge is 0.223 e. The Kier molecular flexibility index (Phi) is 3.90. The summed E-state index contributed by atoms with van der Waals surface area (Å²) in [6.07, 6.45) is 1.03. The summed E-state index contributed by atoms with van der Waals surface area (Å²) in [5.74, 6) is 1.84. The predicted octanol–water partition coefficient (Wildman–Crippen LogP) is 2.92. The van der Waals surface area contributed by atoms with E-state index in [9.17, 15) is 4.79 Å². The molecule has 0 radical (unpaired) electrons. The van der Waals surface area contributed by atoms with Crippen molar-refractivity contribution >= 4 is 5.91 Å². The van der Waals surface area contributed by atoms with Crippen LogP contribution >= 0.6 is 0 Å². The first-order valence-electron chi connectivity index (χ1n) is 6.65. The number of hydrogen-bond acceptors (Lipinski definition) is 2. The zero-order chi connectivity index (χ0) is 13.1. The van der Waals surface area contributed by atoms with Gasteiger partial charge in [-0.1, -0.05) is 19.1 Å². The largest absolute Gasteiger partial charge is 0.494 e. The zero-order valence-corrected chi connectivity index (χ0v) is 11.3. The van der Waals surface area contributed by atoms with Gasteiger partial charge in [0.05, 0.1) is 12.6 Å². The van der Waals surface area contributed by atoms with Crippen LogP contribution in [0.25, 0.3) is 0 Å². The van der Waals surface area contributed by atoms with Crippen LogP contribution in [-0.4, -0.2) is 12.5 Å². The number of ether oxygens (including phenoxy) is 1. The highest BCUT2D eigenvalue weighted by Gasteiger charge is 2.39. The van der Waals surface area contributed by atoms with E-state index in [1.807, 2.05) is 38.1 Å². The summed E-state index contributed by atoms with van der Waals surface area (Å²) < 4.78 is 5.40. The van der Waals surface area contributed by atoms with Crippen molar-refractivity contribution in [3.8, 4) is 5.75 Å². The van der Waals surface area contributed by atoms with Crippen LogP contribution in [-0.2, 0) is 4.79 Å². The lowest BCUT2D eigenvalue weighted by Crippen LogP contribution is -2.28. The lowest BCUT2D eigenvalue weighted by atomic mass is 10.1. The fourth-order valence-corrected chi connectivity index (χ4v) is 2.11. The minimum atomic E-state index is 0.0565. The number of amides is 1. The minimum Gasteiger partial charge on any atom is -0.494 e. The molecule has 3 heteroatoms. The topological polar surface area (TPSA) is 38.3 Å². The van der Waals surface area contributed by atoms with Crippen molar-refractivity contribution in [1.29, 1.82) is 0 Å². The van der Waals surface area contributed by atoms with Gasteiger partial charge < -0.3 is 10.1 Å². The molecular formula is C15H21NO2. The molecule has 1 aromatic rings. The number of nitrogens with one attached hydrogen (secondary N) is 1. The van der Waals surface area contributed by atoms with Crippen molar-refractivity contribution in [2.24, 2.45) is 11.8 Å². The highest BCUT2D eigenvalue weighted by molar-refractivity contribution is 5.81. The van der Waals surface area contributed by atoms with Crippen molar-refractivity contribution in [1.82, 2.24) is 5.32 Å². The van der Waals surface area contributed by atoms with Gasteiger partial charge in [-0.3, -0.25) is 4.79 Å². The van der Waals surface area contributed by atoms with E-state index < -0.39 is 0 Å². The summed E-state index contributed by atoms with van der Waals surface area (Å²) in [6.45, 7) is 6.77. The molecule has 1 aliphatic rings. The van der Waals surface area contributed by atoms with Crippen molar-refractivity contribution in [2.45, 2.75) is 33.2 Å². The molecule has 0 spiro atoms. The van der Waals surface area contributed by atoms with Crippen LogP contribution in [0.1, 0.15) is 38.8 Å². The summed E-state index contributed by atoms with van der Waals surface area (Å²) in [6, 6.07) is 7.96. The van der Waals surface area contributed by atoms with Gasteiger partial charge in [0.2, 0.25) is 5.91 Å². The number of hydrogen-bond donors (Lipinski definition) is 1. The Morgan fingerprint density at radius 2 is 2.06 bits per heavy atom. The molecular weight excluding hydrogens is 226 g/mol. The molecule has 1 amide bonds. The Morgan fingerprint density at radius 3 is 2.56 bits per heavy atom. The van der Waals surface area contributed by atoms with Gasteiger partial charge in [0.15, 0.2) is 0 Å². The molecule has 0 aliphatic heterocycles. The van der Waals surface area contributed by atoms with Crippen molar-refractivity contribution in [2.75, 3.05) is 6.61 Å². The van der Waals surface area contributed by atoms with Gasteiger partial charge in [-0.15, -0.1) is 0 Å². The fraction of sp³-hybridized carbons (Fsp3) is 0.533. The molecule has 18 heavy (non-hydrogen) atoms. The molecule has 3 atom stereocenters. The van der Waals surface area contributed by atoms with Crippen molar-refractivity contribution in [3.05, 3.63) is 29.8 Å². The van der Waals surface area contributed by atoms with Gasteiger partial charge in [-0.2, -0.15) is 0 Å². The molecule has 1 fully saturated rings. The monoisotopic (exact) mass is 247 g/mol. The Labute approximate surface area is 109 Å². The molecule has 3 nitrogen and oxygen atoms in total. The highest BCUT2D eigenvalue weighted by atomic mass is 16.5. The third-order valence-corrected chi connectivity index (χ3v) is 3.50. The number of benzene rings is 1. The molecule has 1 saturated carbocycles. The molecule has 0 bridgehead atoms. The van der Waals surface area contributed by atoms with E-state index in [2.05, 4.69) is 12.2 Å². The van der Waals surface area contributed by atoms with Crippen LogP contribution in [0.5, 0.6) is 5.75 Å². The van der Waals surface area contributed by atoms with Gasteiger partial charge in [-0.25, -0.2) is 0 Å². The van der Waals surface area contributed by atoms with Gasteiger partial charge in [0.1, 0.15) is 5.75 Å². The average Bonchev–Trinajstić information content (AvgIpc) is 3.08. The fourth-order valence-electron chi connectivity index (χ4n) is 2.11. The molecule has 0 aromatic heterocycles. The van der Waals surface area contributed by atoms with Crippen LogP contribution < -0.4 is 10.1 Å². The van der Waals surface area contributed by atoms with Crippen molar-refractivity contribution < 1.29 is 9.53 Å².